The Balaban J connectivity index is 1.24. The lowest BCUT2D eigenvalue weighted by Gasteiger charge is -2.37. The summed E-state index contributed by atoms with van der Waals surface area (Å²) in [5, 5.41) is 2.70. The fourth-order valence-corrected chi connectivity index (χ4v) is 5.06. The maximum Gasteiger partial charge on any atom is 0.325 e. The molecule has 5 rings (SSSR count). The predicted octanol–water partition coefficient (Wildman–Crippen LogP) is 4.49. The Morgan fingerprint density at radius 3 is 2.20 bits per heavy atom. The first-order valence-corrected chi connectivity index (χ1v) is 13.5. The number of ketones is 1. The number of aromatic nitrogens is 2. The number of esters is 1. The lowest BCUT2D eigenvalue weighted by atomic mass is 10.1. The number of benzene rings is 2. The second-order valence-electron chi connectivity index (χ2n) is 10.1. The van der Waals surface area contributed by atoms with Gasteiger partial charge in [0.2, 0.25) is 0 Å². The van der Waals surface area contributed by atoms with E-state index in [1.807, 2.05) is 49.4 Å². The van der Waals surface area contributed by atoms with Crippen molar-refractivity contribution < 1.29 is 19.1 Å². The molecule has 1 N–H and O–H groups in total. The highest BCUT2D eigenvalue weighted by molar-refractivity contribution is 6.46. The molecule has 9 nitrogen and oxygen atoms in total. The number of anilines is 3. The molecule has 0 unspecified atom stereocenters. The number of Topliss-reactive ketones (excluding diaryl/α,β-unsaturated/α-hetero) is 1. The summed E-state index contributed by atoms with van der Waals surface area (Å²) in [7, 11) is 1.28. The minimum absolute atomic E-state index is 0.111. The average molecular weight is 552 g/mol. The number of ether oxygens (including phenoxy) is 1. The zero-order chi connectivity index (χ0) is 28.9. The number of nitrogens with one attached hydrogen (secondary N) is 1. The molecule has 2 aromatic heterocycles. The van der Waals surface area contributed by atoms with Crippen LogP contribution in [0.2, 0.25) is 0 Å². The summed E-state index contributed by atoms with van der Waals surface area (Å²) in [6, 6.07) is 22.7. The second-order valence-corrected chi connectivity index (χ2v) is 10.1. The van der Waals surface area contributed by atoms with Crippen molar-refractivity contribution in [2.45, 2.75) is 20.4 Å². The van der Waals surface area contributed by atoms with Gasteiger partial charge in [-0.3, -0.25) is 14.4 Å². The molecule has 4 aromatic rings. The van der Waals surface area contributed by atoms with Gasteiger partial charge in [0.1, 0.15) is 12.4 Å². The molecule has 0 radical (unpaired) electrons. The van der Waals surface area contributed by atoms with Gasteiger partial charge in [0, 0.05) is 55.0 Å². The van der Waals surface area contributed by atoms with Crippen LogP contribution in [0.15, 0.2) is 79.0 Å². The number of pyridine rings is 1. The van der Waals surface area contributed by atoms with Crippen molar-refractivity contribution in [2.75, 3.05) is 48.4 Å². The van der Waals surface area contributed by atoms with Crippen LogP contribution in [0.25, 0.3) is 11.1 Å². The Morgan fingerprint density at radius 2 is 1.54 bits per heavy atom. The molecule has 3 heterocycles. The minimum atomic E-state index is -0.781. The molecule has 9 heteroatoms. The summed E-state index contributed by atoms with van der Waals surface area (Å²) in [5.74, 6) is -1.03. The molecule has 0 spiro atoms. The van der Waals surface area contributed by atoms with Gasteiger partial charge in [0.15, 0.2) is 0 Å². The number of carbonyl (C=O) groups is 3. The van der Waals surface area contributed by atoms with E-state index in [1.54, 1.807) is 24.4 Å². The SMILES string of the molecule is COC(=O)Cn1cc(-c2ccccc2)cc1C(=O)C(=O)Nc1ccc(N2CCN(c3cc(C)cc(C)n3)CC2)cc1. The molecular formula is C32H33N5O4. The number of hydrogen-bond donors (Lipinski definition) is 1. The van der Waals surface area contributed by atoms with Gasteiger partial charge in [0.25, 0.3) is 11.7 Å². The van der Waals surface area contributed by atoms with Crippen molar-refractivity contribution in [3.8, 4) is 11.1 Å². The number of piperazine rings is 1. The second kappa shape index (κ2) is 12.1. The molecule has 0 atom stereocenters. The van der Waals surface area contributed by atoms with E-state index in [0.717, 1.165) is 54.5 Å². The largest absolute Gasteiger partial charge is 0.468 e. The first-order chi connectivity index (χ1) is 19.8. The third-order valence-corrected chi connectivity index (χ3v) is 7.15. The molecule has 0 aliphatic carbocycles. The first kappa shape index (κ1) is 27.6. The predicted molar refractivity (Wildman–Crippen MR) is 159 cm³/mol. The molecule has 41 heavy (non-hydrogen) atoms. The summed E-state index contributed by atoms with van der Waals surface area (Å²) < 4.78 is 6.23. The first-order valence-electron chi connectivity index (χ1n) is 13.5. The number of nitrogens with zero attached hydrogens (tertiary/aromatic N) is 4. The smallest absolute Gasteiger partial charge is 0.325 e. The average Bonchev–Trinajstić information content (AvgIpc) is 3.40. The Morgan fingerprint density at radius 1 is 0.854 bits per heavy atom. The summed E-state index contributed by atoms with van der Waals surface area (Å²) in [6.07, 6.45) is 1.68. The fraction of sp³-hybridized carbons (Fsp3) is 0.250. The monoisotopic (exact) mass is 551 g/mol. The number of amides is 1. The van der Waals surface area contributed by atoms with Crippen LogP contribution in [0, 0.1) is 13.8 Å². The Labute approximate surface area is 239 Å². The van der Waals surface area contributed by atoms with Gasteiger partial charge < -0.3 is 24.4 Å². The highest BCUT2D eigenvalue weighted by atomic mass is 16.5. The van der Waals surface area contributed by atoms with E-state index in [-0.39, 0.29) is 12.2 Å². The van der Waals surface area contributed by atoms with E-state index in [9.17, 15) is 14.4 Å². The van der Waals surface area contributed by atoms with Crippen LogP contribution in [0.5, 0.6) is 0 Å². The maximum atomic E-state index is 13.2. The van der Waals surface area contributed by atoms with Gasteiger partial charge in [-0.25, -0.2) is 4.98 Å². The van der Waals surface area contributed by atoms with Gasteiger partial charge >= 0.3 is 5.97 Å². The van der Waals surface area contributed by atoms with E-state index < -0.39 is 17.7 Å². The quantitative estimate of drug-likeness (QED) is 0.196. The molecule has 210 valence electrons. The number of carbonyl (C=O) groups excluding carboxylic acids is 3. The van der Waals surface area contributed by atoms with Gasteiger partial charge in [-0.1, -0.05) is 30.3 Å². The lowest BCUT2D eigenvalue weighted by Crippen LogP contribution is -2.46. The van der Waals surface area contributed by atoms with Gasteiger partial charge in [-0.15, -0.1) is 0 Å². The highest BCUT2D eigenvalue weighted by Crippen LogP contribution is 2.25. The summed E-state index contributed by atoms with van der Waals surface area (Å²) in [4.78, 5) is 47.4. The van der Waals surface area contributed by atoms with Crippen LogP contribution in [0.3, 0.4) is 0 Å². The van der Waals surface area contributed by atoms with Crippen molar-refractivity contribution in [1.29, 1.82) is 0 Å². The van der Waals surface area contributed by atoms with Crippen molar-refractivity contribution in [2.24, 2.45) is 0 Å². The Kier molecular flexibility index (Phi) is 8.14. The maximum absolute atomic E-state index is 13.2. The molecule has 1 amide bonds. The number of methoxy groups -OCH3 is 1. The van der Waals surface area contributed by atoms with Crippen molar-refractivity contribution >= 4 is 34.9 Å². The van der Waals surface area contributed by atoms with Crippen LogP contribution in [0.1, 0.15) is 21.7 Å². The van der Waals surface area contributed by atoms with Crippen LogP contribution >= 0.6 is 0 Å². The van der Waals surface area contributed by atoms with Crippen molar-refractivity contribution in [3.05, 3.63) is 95.9 Å². The van der Waals surface area contributed by atoms with E-state index >= 15 is 0 Å². The van der Waals surface area contributed by atoms with Gasteiger partial charge in [-0.05, 0) is 67.4 Å². The number of aryl methyl sites for hydroxylation is 2. The normalized spacial score (nSPS) is 13.1. The zero-order valence-electron chi connectivity index (χ0n) is 23.5. The molecule has 0 saturated carbocycles. The van der Waals surface area contributed by atoms with Crippen LogP contribution in [-0.2, 0) is 20.9 Å². The molecule has 1 saturated heterocycles. The minimum Gasteiger partial charge on any atom is -0.468 e. The van der Waals surface area contributed by atoms with Gasteiger partial charge in [0.05, 0.1) is 12.8 Å². The van der Waals surface area contributed by atoms with E-state index in [2.05, 4.69) is 39.2 Å². The van der Waals surface area contributed by atoms with Crippen molar-refractivity contribution in [1.82, 2.24) is 9.55 Å². The van der Waals surface area contributed by atoms with Crippen molar-refractivity contribution in [3.63, 3.8) is 0 Å². The summed E-state index contributed by atoms with van der Waals surface area (Å²) >= 11 is 0. The molecular weight excluding hydrogens is 518 g/mol. The molecule has 1 aliphatic heterocycles. The number of rotatable bonds is 8. The summed E-state index contributed by atoms with van der Waals surface area (Å²) in [6.45, 7) is 7.34. The number of hydrogen-bond acceptors (Lipinski definition) is 7. The van der Waals surface area contributed by atoms with Gasteiger partial charge in [-0.2, -0.15) is 0 Å². The third kappa shape index (κ3) is 6.46. The summed E-state index contributed by atoms with van der Waals surface area (Å²) in [5.41, 5.74) is 5.49. The van der Waals surface area contributed by atoms with Crippen LogP contribution in [-0.4, -0.2) is 60.5 Å². The van der Waals surface area contributed by atoms with E-state index in [1.165, 1.54) is 17.2 Å². The standard InChI is InChI=1S/C32H33N5O4/c1-22-17-23(2)33-29(18-22)36-15-13-35(14-16-36)27-11-9-26(10-12-27)34-32(40)31(39)28-19-25(24-7-5-4-6-8-24)20-37(28)21-30(38)41-3/h4-12,17-20H,13-16,21H2,1-3H3,(H,34,40). The Bertz CT molecular complexity index is 1530. The fourth-order valence-electron chi connectivity index (χ4n) is 5.06. The molecule has 0 bridgehead atoms. The third-order valence-electron chi connectivity index (χ3n) is 7.15. The molecule has 1 aliphatic rings. The zero-order valence-corrected chi connectivity index (χ0v) is 23.5. The van der Waals surface area contributed by atoms with E-state index in [0.29, 0.717) is 5.69 Å². The topological polar surface area (TPSA) is 96.8 Å². The highest BCUT2D eigenvalue weighted by Gasteiger charge is 2.24. The van der Waals surface area contributed by atoms with Crippen LogP contribution in [0.4, 0.5) is 17.2 Å². The lowest BCUT2D eigenvalue weighted by molar-refractivity contribution is -0.141. The molecule has 2 aromatic carbocycles. The van der Waals surface area contributed by atoms with Crippen LogP contribution < -0.4 is 15.1 Å². The van der Waals surface area contributed by atoms with E-state index in [4.69, 9.17) is 4.74 Å². The Hall–Kier alpha value is -4.92. The molecule has 1 fully saturated rings.